The zero-order valence-corrected chi connectivity index (χ0v) is 21.2. The first-order valence-electron chi connectivity index (χ1n) is 12.7. The van der Waals surface area contributed by atoms with Crippen LogP contribution in [-0.4, -0.2) is 50.4 Å². The Morgan fingerprint density at radius 1 is 1.08 bits per heavy atom. The molecule has 0 aliphatic carbocycles. The number of anilines is 3. The molecule has 1 saturated heterocycles. The van der Waals surface area contributed by atoms with Crippen molar-refractivity contribution in [3.05, 3.63) is 90.1 Å². The third kappa shape index (κ3) is 5.98. The van der Waals surface area contributed by atoms with E-state index in [1.807, 2.05) is 37.3 Å². The molecule has 8 heteroatoms. The molecule has 1 aromatic carbocycles. The zero-order valence-electron chi connectivity index (χ0n) is 21.2. The first-order chi connectivity index (χ1) is 18.1. The lowest BCUT2D eigenvalue weighted by Gasteiger charge is -2.32. The van der Waals surface area contributed by atoms with Crippen LogP contribution in [-0.2, 0) is 0 Å². The van der Waals surface area contributed by atoms with Crippen molar-refractivity contribution in [1.82, 2.24) is 24.8 Å². The topological polar surface area (TPSA) is 95.9 Å². The molecule has 0 radical (unpaired) electrons. The Bertz CT molecular complexity index is 1360. The minimum atomic E-state index is -0.219. The molecule has 4 heterocycles. The summed E-state index contributed by atoms with van der Waals surface area (Å²) in [5.41, 5.74) is 5.60. The summed E-state index contributed by atoms with van der Waals surface area (Å²) in [6, 6.07) is 15.6. The molecule has 1 atom stereocenters. The summed E-state index contributed by atoms with van der Waals surface area (Å²) in [5.74, 6) is 0.749. The number of nitrogens with zero attached hydrogens (tertiary/aromatic N) is 5. The van der Waals surface area contributed by atoms with Crippen molar-refractivity contribution >= 4 is 23.2 Å². The van der Waals surface area contributed by atoms with Crippen LogP contribution in [0.3, 0.4) is 0 Å². The van der Waals surface area contributed by atoms with Gasteiger partial charge in [0.05, 0.1) is 22.6 Å². The number of hydrogen-bond donors (Lipinski definition) is 2. The lowest BCUT2D eigenvalue weighted by atomic mass is 9.90. The number of nitrogens with one attached hydrogen (secondary N) is 2. The molecule has 8 nitrogen and oxygen atoms in total. The van der Waals surface area contributed by atoms with Gasteiger partial charge in [0.15, 0.2) is 0 Å². The molecule has 37 heavy (non-hydrogen) atoms. The van der Waals surface area contributed by atoms with Gasteiger partial charge in [0.1, 0.15) is 0 Å². The summed E-state index contributed by atoms with van der Waals surface area (Å²) in [7, 11) is 0. The largest absolute Gasteiger partial charge is 0.323 e. The number of aromatic nitrogens is 4. The number of amides is 1. The average Bonchev–Trinajstić information content (AvgIpc) is 2.95. The molecule has 1 amide bonds. The van der Waals surface area contributed by atoms with Gasteiger partial charge < -0.3 is 15.5 Å². The number of carbonyl (C=O) groups is 1. The SMILES string of the molecule is CCN1CCCC(c2ccc(NC(=O)c3cnc(C)c(Nc4nccc(-c5cccnc5)n4)c3)cc2)C1. The standard InChI is InChI=1S/C29H31N7O/c1-3-36-15-5-7-23(19-36)21-8-10-25(11-9-21)33-28(37)24-16-27(20(2)32-18-24)35-29-31-14-12-26(34-29)22-6-4-13-30-17-22/h4,6,8-14,16-18,23H,3,5,7,15,19H2,1-2H3,(H,33,37)(H,31,34,35). The molecular formula is C29H31N7O. The third-order valence-corrected chi connectivity index (χ3v) is 6.80. The molecule has 1 fully saturated rings. The summed E-state index contributed by atoms with van der Waals surface area (Å²) < 4.78 is 0. The van der Waals surface area contributed by atoms with Gasteiger partial charge in [0, 0.05) is 42.6 Å². The maximum absolute atomic E-state index is 13.0. The Morgan fingerprint density at radius 2 is 1.95 bits per heavy atom. The number of hydrogen-bond acceptors (Lipinski definition) is 7. The number of benzene rings is 1. The van der Waals surface area contributed by atoms with Gasteiger partial charge in [-0.25, -0.2) is 9.97 Å². The second-order valence-corrected chi connectivity index (χ2v) is 9.30. The first-order valence-corrected chi connectivity index (χ1v) is 12.7. The van der Waals surface area contributed by atoms with Gasteiger partial charge in [-0.1, -0.05) is 19.1 Å². The van der Waals surface area contributed by atoms with Crippen LogP contribution in [0.4, 0.5) is 17.3 Å². The number of pyridine rings is 2. The van der Waals surface area contributed by atoms with E-state index in [0.29, 0.717) is 23.1 Å². The van der Waals surface area contributed by atoms with Crippen molar-refractivity contribution in [3.8, 4) is 11.3 Å². The van der Waals surface area contributed by atoms with E-state index < -0.39 is 0 Å². The molecule has 4 aromatic rings. The van der Waals surface area contributed by atoms with Gasteiger partial charge in [-0.15, -0.1) is 0 Å². The highest BCUT2D eigenvalue weighted by Gasteiger charge is 2.20. The minimum absolute atomic E-state index is 0.219. The smallest absolute Gasteiger partial charge is 0.257 e. The Hall–Kier alpha value is -4.17. The quantitative estimate of drug-likeness (QED) is 0.354. The lowest BCUT2D eigenvalue weighted by Crippen LogP contribution is -2.34. The van der Waals surface area contributed by atoms with E-state index in [9.17, 15) is 4.79 Å². The molecular weight excluding hydrogens is 462 g/mol. The molecule has 0 spiro atoms. The third-order valence-electron chi connectivity index (χ3n) is 6.80. The maximum Gasteiger partial charge on any atom is 0.257 e. The summed E-state index contributed by atoms with van der Waals surface area (Å²) in [6.07, 6.45) is 9.19. The van der Waals surface area contributed by atoms with Crippen LogP contribution in [0.5, 0.6) is 0 Å². The molecule has 0 bridgehead atoms. The van der Waals surface area contributed by atoms with Crippen molar-refractivity contribution in [3.63, 3.8) is 0 Å². The van der Waals surface area contributed by atoms with E-state index in [4.69, 9.17) is 0 Å². The van der Waals surface area contributed by atoms with Crippen molar-refractivity contribution in [1.29, 1.82) is 0 Å². The fourth-order valence-corrected chi connectivity index (χ4v) is 4.65. The van der Waals surface area contributed by atoms with E-state index in [1.165, 1.54) is 24.9 Å². The predicted octanol–water partition coefficient (Wildman–Crippen LogP) is 5.44. The van der Waals surface area contributed by atoms with Crippen molar-refractivity contribution in [2.75, 3.05) is 30.3 Å². The van der Waals surface area contributed by atoms with Crippen molar-refractivity contribution in [2.24, 2.45) is 0 Å². The number of piperidine rings is 1. The first kappa shape index (κ1) is 24.5. The van der Waals surface area contributed by atoms with Gasteiger partial charge >= 0.3 is 0 Å². The minimum Gasteiger partial charge on any atom is -0.323 e. The lowest BCUT2D eigenvalue weighted by molar-refractivity contribution is 0.102. The molecule has 1 unspecified atom stereocenters. The highest BCUT2D eigenvalue weighted by atomic mass is 16.1. The molecule has 2 N–H and O–H groups in total. The maximum atomic E-state index is 13.0. The molecule has 1 aliphatic rings. The van der Waals surface area contributed by atoms with Gasteiger partial charge in [0.25, 0.3) is 5.91 Å². The predicted molar refractivity (Wildman–Crippen MR) is 146 cm³/mol. The van der Waals surface area contributed by atoms with Gasteiger partial charge in [-0.05, 0) is 80.7 Å². The number of likely N-dealkylation sites (tertiary alicyclic amines) is 1. The van der Waals surface area contributed by atoms with Crippen molar-refractivity contribution < 1.29 is 4.79 Å². The van der Waals surface area contributed by atoms with Crippen molar-refractivity contribution in [2.45, 2.75) is 32.6 Å². The van der Waals surface area contributed by atoms with Crippen LogP contribution in [0.2, 0.25) is 0 Å². The van der Waals surface area contributed by atoms with Crippen LogP contribution in [0.1, 0.15) is 47.3 Å². The zero-order chi connectivity index (χ0) is 25.6. The second-order valence-electron chi connectivity index (χ2n) is 9.30. The van der Waals surface area contributed by atoms with Gasteiger partial charge in [0.2, 0.25) is 5.95 Å². The average molecular weight is 494 g/mol. The monoisotopic (exact) mass is 493 g/mol. The molecule has 0 saturated carbocycles. The molecule has 188 valence electrons. The fraction of sp³-hybridized carbons (Fsp3) is 0.276. The van der Waals surface area contributed by atoms with E-state index in [1.54, 1.807) is 30.9 Å². The van der Waals surface area contributed by atoms with Gasteiger partial charge in [-0.2, -0.15) is 0 Å². The van der Waals surface area contributed by atoms with Crippen LogP contribution < -0.4 is 10.6 Å². The normalized spacial score (nSPS) is 15.8. The molecule has 5 rings (SSSR count). The van der Waals surface area contributed by atoms with Crippen LogP contribution in [0, 0.1) is 6.92 Å². The summed E-state index contributed by atoms with van der Waals surface area (Å²) in [5, 5.41) is 6.20. The van der Waals surface area contributed by atoms with E-state index in [0.717, 1.165) is 35.7 Å². The Morgan fingerprint density at radius 3 is 2.73 bits per heavy atom. The van der Waals surface area contributed by atoms with E-state index in [2.05, 4.69) is 54.5 Å². The fourth-order valence-electron chi connectivity index (χ4n) is 4.65. The van der Waals surface area contributed by atoms with E-state index in [-0.39, 0.29) is 5.91 Å². The second kappa shape index (κ2) is 11.3. The number of carbonyl (C=O) groups excluding carboxylic acids is 1. The summed E-state index contributed by atoms with van der Waals surface area (Å²) in [6.45, 7) is 7.47. The summed E-state index contributed by atoms with van der Waals surface area (Å²) >= 11 is 0. The van der Waals surface area contributed by atoms with Crippen LogP contribution in [0.25, 0.3) is 11.3 Å². The number of likely N-dealkylation sites (N-methyl/N-ethyl adjacent to an activating group) is 1. The van der Waals surface area contributed by atoms with Crippen LogP contribution >= 0.6 is 0 Å². The molecule has 1 aliphatic heterocycles. The summed E-state index contributed by atoms with van der Waals surface area (Å²) in [4.78, 5) is 33.0. The Kier molecular flexibility index (Phi) is 7.46. The highest BCUT2D eigenvalue weighted by Crippen LogP contribution is 2.28. The Balaban J connectivity index is 1.27. The van der Waals surface area contributed by atoms with Crippen LogP contribution in [0.15, 0.2) is 73.3 Å². The highest BCUT2D eigenvalue weighted by molar-refractivity contribution is 6.04. The van der Waals surface area contributed by atoms with E-state index >= 15 is 0 Å². The van der Waals surface area contributed by atoms with Gasteiger partial charge in [-0.3, -0.25) is 14.8 Å². The molecule has 3 aromatic heterocycles. The number of aryl methyl sites for hydroxylation is 1. The Labute approximate surface area is 217 Å². The number of rotatable bonds is 7.